The van der Waals surface area contributed by atoms with E-state index in [0.717, 1.165) is 13.2 Å². The van der Waals surface area contributed by atoms with E-state index in [1.54, 1.807) is 0 Å². The Bertz CT molecular complexity index is 373. The molecule has 19 heavy (non-hydrogen) atoms. The van der Waals surface area contributed by atoms with E-state index in [2.05, 4.69) is 50.4 Å². The van der Waals surface area contributed by atoms with Crippen molar-refractivity contribution in [2.45, 2.75) is 52.6 Å². The van der Waals surface area contributed by atoms with Gasteiger partial charge in [-0.3, -0.25) is 0 Å². The summed E-state index contributed by atoms with van der Waals surface area (Å²) in [5.74, 6) is 0. The van der Waals surface area contributed by atoms with Gasteiger partial charge < -0.3 is 10.1 Å². The summed E-state index contributed by atoms with van der Waals surface area (Å²) in [6.45, 7) is 8.53. The van der Waals surface area contributed by atoms with Gasteiger partial charge in [-0.25, -0.2) is 0 Å². The first kappa shape index (κ1) is 14.4. The summed E-state index contributed by atoms with van der Waals surface area (Å²) in [4.78, 5) is 0. The molecule has 1 aromatic carbocycles. The Morgan fingerprint density at radius 2 is 1.79 bits per heavy atom. The number of ether oxygens (including phenoxy) is 1. The minimum atomic E-state index is 0.479. The van der Waals surface area contributed by atoms with Crippen LogP contribution in [0.4, 0.5) is 5.69 Å². The lowest BCUT2D eigenvalue weighted by molar-refractivity contribution is 0.00945. The zero-order valence-electron chi connectivity index (χ0n) is 12.5. The number of anilines is 1. The highest BCUT2D eigenvalue weighted by molar-refractivity contribution is 5.44. The topological polar surface area (TPSA) is 21.3 Å². The van der Waals surface area contributed by atoms with Crippen molar-refractivity contribution in [2.75, 3.05) is 18.5 Å². The molecule has 1 saturated carbocycles. The van der Waals surface area contributed by atoms with Crippen molar-refractivity contribution < 1.29 is 4.74 Å². The maximum atomic E-state index is 5.96. The molecule has 106 valence electrons. The standard InChI is InChI=1S/C17H27NO/c1-14-4-6-15(7-5-14)18-12-13-19-16-8-10-17(2,3)11-9-16/h4-7,16,18H,8-13H2,1-3H3. The van der Waals surface area contributed by atoms with Crippen LogP contribution in [-0.4, -0.2) is 19.3 Å². The predicted octanol–water partition coefficient (Wildman–Crippen LogP) is 4.39. The smallest absolute Gasteiger partial charge is 0.0642 e. The number of hydrogen-bond donors (Lipinski definition) is 1. The molecule has 1 fully saturated rings. The summed E-state index contributed by atoms with van der Waals surface area (Å²) < 4.78 is 5.96. The molecular formula is C17H27NO. The van der Waals surface area contributed by atoms with Gasteiger partial charge in [0.1, 0.15) is 0 Å². The number of nitrogens with one attached hydrogen (secondary N) is 1. The molecule has 2 nitrogen and oxygen atoms in total. The fourth-order valence-electron chi connectivity index (χ4n) is 2.63. The second-order valence-electron chi connectivity index (χ2n) is 6.53. The monoisotopic (exact) mass is 261 g/mol. The molecule has 1 aliphatic carbocycles. The number of hydrogen-bond acceptors (Lipinski definition) is 2. The van der Waals surface area contributed by atoms with Crippen molar-refractivity contribution in [2.24, 2.45) is 5.41 Å². The number of rotatable bonds is 5. The van der Waals surface area contributed by atoms with Gasteiger partial charge in [0.05, 0.1) is 12.7 Å². The van der Waals surface area contributed by atoms with Gasteiger partial charge in [0.25, 0.3) is 0 Å². The molecule has 0 unspecified atom stereocenters. The lowest BCUT2D eigenvalue weighted by Crippen LogP contribution is -2.27. The molecule has 0 bridgehead atoms. The van der Waals surface area contributed by atoms with E-state index in [0.29, 0.717) is 11.5 Å². The molecule has 1 aliphatic rings. The highest BCUT2D eigenvalue weighted by Gasteiger charge is 2.26. The van der Waals surface area contributed by atoms with Gasteiger partial charge in [-0.05, 0) is 50.2 Å². The Morgan fingerprint density at radius 1 is 1.16 bits per heavy atom. The van der Waals surface area contributed by atoms with Crippen LogP contribution in [0, 0.1) is 12.3 Å². The van der Waals surface area contributed by atoms with Crippen LogP contribution in [-0.2, 0) is 4.74 Å². The summed E-state index contributed by atoms with van der Waals surface area (Å²) in [5.41, 5.74) is 3.01. The molecule has 0 aromatic heterocycles. The zero-order chi connectivity index (χ0) is 13.7. The Morgan fingerprint density at radius 3 is 2.42 bits per heavy atom. The summed E-state index contributed by atoms with van der Waals surface area (Å²) in [7, 11) is 0. The highest BCUT2D eigenvalue weighted by Crippen LogP contribution is 2.36. The quantitative estimate of drug-likeness (QED) is 0.794. The van der Waals surface area contributed by atoms with E-state index < -0.39 is 0 Å². The second-order valence-corrected chi connectivity index (χ2v) is 6.53. The van der Waals surface area contributed by atoms with E-state index in [-0.39, 0.29) is 0 Å². The SMILES string of the molecule is Cc1ccc(NCCOC2CCC(C)(C)CC2)cc1. The Balaban J connectivity index is 1.61. The average Bonchev–Trinajstić information content (AvgIpc) is 2.38. The fraction of sp³-hybridized carbons (Fsp3) is 0.647. The maximum Gasteiger partial charge on any atom is 0.0642 e. The van der Waals surface area contributed by atoms with Gasteiger partial charge in [-0.1, -0.05) is 31.5 Å². The first-order chi connectivity index (χ1) is 9.05. The van der Waals surface area contributed by atoms with Crippen LogP contribution in [0.15, 0.2) is 24.3 Å². The molecular weight excluding hydrogens is 234 g/mol. The third kappa shape index (κ3) is 4.87. The average molecular weight is 261 g/mol. The summed E-state index contributed by atoms with van der Waals surface area (Å²) in [5, 5.41) is 3.40. The van der Waals surface area contributed by atoms with Crippen molar-refractivity contribution in [1.29, 1.82) is 0 Å². The molecule has 1 aromatic rings. The lowest BCUT2D eigenvalue weighted by Gasteiger charge is -2.34. The molecule has 0 spiro atoms. The molecule has 0 amide bonds. The van der Waals surface area contributed by atoms with E-state index in [4.69, 9.17) is 4.74 Å². The van der Waals surface area contributed by atoms with Gasteiger partial charge in [-0.15, -0.1) is 0 Å². The zero-order valence-corrected chi connectivity index (χ0v) is 12.5. The van der Waals surface area contributed by atoms with Crippen LogP contribution >= 0.6 is 0 Å². The third-order valence-electron chi connectivity index (χ3n) is 4.12. The summed E-state index contributed by atoms with van der Waals surface area (Å²) in [6, 6.07) is 8.51. The lowest BCUT2D eigenvalue weighted by atomic mass is 9.76. The molecule has 0 radical (unpaired) electrons. The van der Waals surface area contributed by atoms with Crippen molar-refractivity contribution in [3.8, 4) is 0 Å². The minimum absolute atomic E-state index is 0.479. The highest BCUT2D eigenvalue weighted by atomic mass is 16.5. The molecule has 0 aliphatic heterocycles. The van der Waals surface area contributed by atoms with Crippen LogP contribution in [0.2, 0.25) is 0 Å². The fourth-order valence-corrected chi connectivity index (χ4v) is 2.63. The predicted molar refractivity (Wildman–Crippen MR) is 81.7 cm³/mol. The van der Waals surface area contributed by atoms with Crippen LogP contribution in [0.25, 0.3) is 0 Å². The Hall–Kier alpha value is -1.02. The van der Waals surface area contributed by atoms with Crippen LogP contribution in [0.1, 0.15) is 45.1 Å². The van der Waals surface area contributed by atoms with Gasteiger partial charge in [0, 0.05) is 12.2 Å². The van der Waals surface area contributed by atoms with Crippen LogP contribution < -0.4 is 5.32 Å². The number of aryl methyl sites for hydroxylation is 1. The minimum Gasteiger partial charge on any atom is -0.383 e. The van der Waals surface area contributed by atoms with Crippen LogP contribution in [0.5, 0.6) is 0 Å². The van der Waals surface area contributed by atoms with E-state index >= 15 is 0 Å². The van der Waals surface area contributed by atoms with Crippen molar-refractivity contribution in [3.63, 3.8) is 0 Å². The van der Waals surface area contributed by atoms with Gasteiger partial charge in [0.15, 0.2) is 0 Å². The van der Waals surface area contributed by atoms with Gasteiger partial charge >= 0.3 is 0 Å². The first-order valence-electron chi connectivity index (χ1n) is 7.47. The normalized spacial score (nSPS) is 19.3. The molecule has 0 saturated heterocycles. The molecule has 2 heteroatoms. The third-order valence-corrected chi connectivity index (χ3v) is 4.12. The maximum absolute atomic E-state index is 5.96. The summed E-state index contributed by atoms with van der Waals surface area (Å²) >= 11 is 0. The largest absolute Gasteiger partial charge is 0.383 e. The first-order valence-corrected chi connectivity index (χ1v) is 7.47. The second kappa shape index (κ2) is 6.42. The number of benzene rings is 1. The van der Waals surface area contributed by atoms with Gasteiger partial charge in [0.2, 0.25) is 0 Å². The van der Waals surface area contributed by atoms with E-state index in [1.165, 1.54) is 36.9 Å². The Kier molecular flexibility index (Phi) is 4.87. The van der Waals surface area contributed by atoms with Crippen molar-refractivity contribution in [1.82, 2.24) is 0 Å². The Labute approximate surface area is 117 Å². The van der Waals surface area contributed by atoms with Crippen molar-refractivity contribution >= 4 is 5.69 Å². The van der Waals surface area contributed by atoms with E-state index in [1.807, 2.05) is 0 Å². The summed E-state index contributed by atoms with van der Waals surface area (Å²) in [6.07, 6.45) is 5.51. The molecule has 0 heterocycles. The molecule has 2 rings (SSSR count). The molecule has 0 atom stereocenters. The van der Waals surface area contributed by atoms with Crippen LogP contribution in [0.3, 0.4) is 0 Å². The molecule has 1 N–H and O–H groups in total. The van der Waals surface area contributed by atoms with Gasteiger partial charge in [-0.2, -0.15) is 0 Å². The van der Waals surface area contributed by atoms with Crippen molar-refractivity contribution in [3.05, 3.63) is 29.8 Å². The van der Waals surface area contributed by atoms with E-state index in [9.17, 15) is 0 Å².